The minimum absolute atomic E-state index is 0.140. The van der Waals surface area contributed by atoms with Gasteiger partial charge in [-0.3, -0.25) is 9.52 Å². The molecule has 3 aromatic rings. The normalized spacial score (nSPS) is 11.5. The summed E-state index contributed by atoms with van der Waals surface area (Å²) < 4.78 is 30.7. The molecule has 0 saturated heterocycles. The predicted molar refractivity (Wildman–Crippen MR) is 86.4 cm³/mol. The van der Waals surface area contributed by atoms with Gasteiger partial charge in [0.15, 0.2) is 5.43 Å². The standard InChI is InChI=1S/C16H13NO4S/c1-22(19,20)17-12-6-4-5-11(9-12)16-10-14(18)13-7-2-3-8-15(13)21-16/h2-10,17H,1H3. The SMILES string of the molecule is CS(=O)(=O)Nc1cccc(-c2cc(=O)c3ccccc3o2)c1. The van der Waals surface area contributed by atoms with E-state index in [1.54, 1.807) is 48.5 Å². The van der Waals surface area contributed by atoms with Crippen LogP contribution in [0.3, 0.4) is 0 Å². The Hall–Kier alpha value is -2.60. The highest BCUT2D eigenvalue weighted by atomic mass is 32.2. The monoisotopic (exact) mass is 315 g/mol. The summed E-state index contributed by atoms with van der Waals surface area (Å²) in [5, 5.41) is 0.511. The summed E-state index contributed by atoms with van der Waals surface area (Å²) in [6.07, 6.45) is 1.08. The lowest BCUT2D eigenvalue weighted by molar-refractivity contribution is 0.606. The molecule has 0 spiro atoms. The topological polar surface area (TPSA) is 76.4 Å². The molecule has 1 N–H and O–H groups in total. The highest BCUT2D eigenvalue weighted by molar-refractivity contribution is 7.92. The molecule has 22 heavy (non-hydrogen) atoms. The Morgan fingerprint density at radius 2 is 1.77 bits per heavy atom. The van der Waals surface area contributed by atoms with Crippen molar-refractivity contribution in [2.75, 3.05) is 11.0 Å². The number of sulfonamides is 1. The van der Waals surface area contributed by atoms with Gasteiger partial charge < -0.3 is 4.42 Å². The number of fused-ring (bicyclic) bond motifs is 1. The summed E-state index contributed by atoms with van der Waals surface area (Å²) in [6.45, 7) is 0. The summed E-state index contributed by atoms with van der Waals surface area (Å²) in [7, 11) is -3.36. The van der Waals surface area contributed by atoms with Gasteiger partial charge in [0.1, 0.15) is 11.3 Å². The van der Waals surface area contributed by atoms with Crippen LogP contribution >= 0.6 is 0 Å². The van der Waals surface area contributed by atoms with Crippen LogP contribution in [-0.2, 0) is 10.0 Å². The number of nitrogens with one attached hydrogen (secondary N) is 1. The van der Waals surface area contributed by atoms with Gasteiger partial charge in [0.2, 0.25) is 10.0 Å². The van der Waals surface area contributed by atoms with Crippen molar-refractivity contribution in [1.29, 1.82) is 0 Å². The lowest BCUT2D eigenvalue weighted by Gasteiger charge is -2.07. The van der Waals surface area contributed by atoms with Crippen LogP contribution in [-0.4, -0.2) is 14.7 Å². The molecule has 0 atom stereocenters. The van der Waals surface area contributed by atoms with Crippen LogP contribution in [0.5, 0.6) is 0 Å². The zero-order chi connectivity index (χ0) is 15.7. The van der Waals surface area contributed by atoms with Gasteiger partial charge in [0, 0.05) is 17.3 Å². The first kappa shape index (κ1) is 14.3. The second-order valence-corrected chi connectivity index (χ2v) is 6.67. The number of hydrogen-bond donors (Lipinski definition) is 1. The first-order valence-electron chi connectivity index (χ1n) is 6.53. The summed E-state index contributed by atoms with van der Waals surface area (Å²) in [5.74, 6) is 0.390. The Labute approximate surface area is 127 Å². The smallest absolute Gasteiger partial charge is 0.229 e. The fourth-order valence-corrected chi connectivity index (χ4v) is 2.75. The van der Waals surface area contributed by atoms with E-state index in [4.69, 9.17) is 4.42 Å². The minimum atomic E-state index is -3.36. The Morgan fingerprint density at radius 3 is 2.55 bits per heavy atom. The molecule has 1 heterocycles. The van der Waals surface area contributed by atoms with E-state index in [9.17, 15) is 13.2 Å². The second kappa shape index (κ2) is 5.31. The molecule has 5 nitrogen and oxygen atoms in total. The van der Waals surface area contributed by atoms with Gasteiger partial charge in [-0.15, -0.1) is 0 Å². The van der Waals surface area contributed by atoms with Crippen molar-refractivity contribution in [1.82, 2.24) is 0 Å². The van der Waals surface area contributed by atoms with E-state index in [1.165, 1.54) is 6.07 Å². The van der Waals surface area contributed by atoms with Gasteiger partial charge >= 0.3 is 0 Å². The highest BCUT2D eigenvalue weighted by Gasteiger charge is 2.08. The number of hydrogen-bond acceptors (Lipinski definition) is 4. The fraction of sp³-hybridized carbons (Fsp3) is 0.0625. The molecule has 0 unspecified atom stereocenters. The maximum atomic E-state index is 12.1. The van der Waals surface area contributed by atoms with Gasteiger partial charge in [-0.1, -0.05) is 24.3 Å². The van der Waals surface area contributed by atoms with Crippen molar-refractivity contribution in [2.24, 2.45) is 0 Å². The van der Waals surface area contributed by atoms with Crippen LogP contribution < -0.4 is 10.2 Å². The molecule has 0 radical (unpaired) electrons. The molecule has 1 aromatic heterocycles. The summed E-state index contributed by atoms with van der Waals surface area (Å²) in [6, 6.07) is 15.1. The fourth-order valence-electron chi connectivity index (χ4n) is 2.20. The number of anilines is 1. The third kappa shape index (κ3) is 3.01. The van der Waals surface area contributed by atoms with Crippen molar-refractivity contribution >= 4 is 26.7 Å². The van der Waals surface area contributed by atoms with E-state index in [0.717, 1.165) is 6.26 Å². The van der Waals surface area contributed by atoms with E-state index in [1.807, 2.05) is 0 Å². The van der Waals surface area contributed by atoms with Crippen molar-refractivity contribution in [2.45, 2.75) is 0 Å². The summed E-state index contributed by atoms with van der Waals surface area (Å²) in [5.41, 5.74) is 1.39. The first-order valence-corrected chi connectivity index (χ1v) is 8.43. The third-order valence-electron chi connectivity index (χ3n) is 3.08. The Morgan fingerprint density at radius 1 is 1.00 bits per heavy atom. The van der Waals surface area contributed by atoms with Crippen LogP contribution in [0.25, 0.3) is 22.3 Å². The molecular weight excluding hydrogens is 302 g/mol. The molecule has 0 saturated carbocycles. The van der Waals surface area contributed by atoms with E-state index in [-0.39, 0.29) is 5.43 Å². The molecule has 0 aliphatic carbocycles. The van der Waals surface area contributed by atoms with Crippen LogP contribution in [0.2, 0.25) is 0 Å². The van der Waals surface area contributed by atoms with Gasteiger partial charge in [-0.2, -0.15) is 0 Å². The number of para-hydroxylation sites is 1. The molecule has 6 heteroatoms. The highest BCUT2D eigenvalue weighted by Crippen LogP contribution is 2.24. The van der Waals surface area contributed by atoms with Gasteiger partial charge in [-0.05, 0) is 24.3 Å². The van der Waals surface area contributed by atoms with Crippen LogP contribution in [0.15, 0.2) is 63.8 Å². The molecule has 3 rings (SSSR count). The Bertz CT molecular complexity index is 1010. The van der Waals surface area contributed by atoms with Gasteiger partial charge in [0.05, 0.1) is 11.6 Å². The molecule has 0 aliphatic heterocycles. The van der Waals surface area contributed by atoms with Crippen molar-refractivity contribution < 1.29 is 12.8 Å². The molecule has 0 bridgehead atoms. The average Bonchev–Trinajstić information content (AvgIpc) is 2.46. The Balaban J connectivity index is 2.12. The predicted octanol–water partition coefficient (Wildman–Crippen LogP) is 2.83. The molecule has 112 valence electrons. The van der Waals surface area contributed by atoms with Crippen molar-refractivity contribution in [3.8, 4) is 11.3 Å². The van der Waals surface area contributed by atoms with Crippen LogP contribution in [0.1, 0.15) is 0 Å². The third-order valence-corrected chi connectivity index (χ3v) is 3.69. The lowest BCUT2D eigenvalue weighted by atomic mass is 10.1. The maximum absolute atomic E-state index is 12.1. The van der Waals surface area contributed by atoms with E-state index < -0.39 is 10.0 Å². The quantitative estimate of drug-likeness (QED) is 0.806. The molecule has 2 aromatic carbocycles. The van der Waals surface area contributed by atoms with E-state index in [2.05, 4.69) is 4.72 Å². The van der Waals surface area contributed by atoms with Crippen molar-refractivity contribution in [3.63, 3.8) is 0 Å². The van der Waals surface area contributed by atoms with Gasteiger partial charge in [-0.25, -0.2) is 8.42 Å². The molecule has 0 amide bonds. The molecular formula is C16H13NO4S. The van der Waals surface area contributed by atoms with E-state index >= 15 is 0 Å². The second-order valence-electron chi connectivity index (χ2n) is 4.93. The van der Waals surface area contributed by atoms with Gasteiger partial charge in [0.25, 0.3) is 0 Å². The largest absolute Gasteiger partial charge is 0.456 e. The summed E-state index contributed by atoms with van der Waals surface area (Å²) in [4.78, 5) is 12.1. The lowest BCUT2D eigenvalue weighted by Crippen LogP contribution is -2.09. The number of benzene rings is 2. The first-order chi connectivity index (χ1) is 10.4. The number of rotatable bonds is 3. The molecule has 0 fully saturated rings. The van der Waals surface area contributed by atoms with Crippen LogP contribution in [0.4, 0.5) is 5.69 Å². The maximum Gasteiger partial charge on any atom is 0.229 e. The zero-order valence-electron chi connectivity index (χ0n) is 11.7. The molecule has 0 aliphatic rings. The van der Waals surface area contributed by atoms with E-state index in [0.29, 0.717) is 28.0 Å². The van der Waals surface area contributed by atoms with Crippen LogP contribution in [0, 0.1) is 0 Å². The Kier molecular flexibility index (Phi) is 3.46. The minimum Gasteiger partial charge on any atom is -0.456 e. The summed E-state index contributed by atoms with van der Waals surface area (Å²) >= 11 is 0. The van der Waals surface area contributed by atoms with Crippen molar-refractivity contribution in [3.05, 3.63) is 64.8 Å². The average molecular weight is 315 g/mol. The zero-order valence-corrected chi connectivity index (χ0v) is 12.6.